The predicted molar refractivity (Wildman–Crippen MR) is 88.5 cm³/mol. The summed E-state index contributed by atoms with van der Waals surface area (Å²) in [5.41, 5.74) is 11.4. The van der Waals surface area contributed by atoms with E-state index in [1.807, 2.05) is 13.8 Å². The number of anilines is 1. The van der Waals surface area contributed by atoms with E-state index in [1.165, 1.54) is 0 Å². The van der Waals surface area contributed by atoms with E-state index in [1.54, 1.807) is 17.0 Å². The number of benzene rings is 1. The van der Waals surface area contributed by atoms with E-state index in [4.69, 9.17) is 46.3 Å². The minimum Gasteiger partial charge on any atom is -0.369 e. The van der Waals surface area contributed by atoms with Crippen LogP contribution in [0.3, 0.4) is 0 Å². The second kappa shape index (κ2) is 5.85. The van der Waals surface area contributed by atoms with E-state index in [2.05, 4.69) is 9.98 Å². The SMILES string of the molecule is CC1(C)N=C(N)N=C(N)N1c1cc(Cl)c(Cl)cc1Cl.Cl. The third-order valence-electron chi connectivity index (χ3n) is 2.62. The molecular formula is C11H13Cl4N5. The summed E-state index contributed by atoms with van der Waals surface area (Å²) >= 11 is 18.1. The molecular weight excluding hydrogens is 344 g/mol. The van der Waals surface area contributed by atoms with Crippen molar-refractivity contribution in [2.24, 2.45) is 21.5 Å². The maximum Gasteiger partial charge on any atom is 0.220 e. The Kier molecular flexibility index (Phi) is 5.03. The minimum atomic E-state index is -0.725. The van der Waals surface area contributed by atoms with E-state index in [0.29, 0.717) is 20.8 Å². The Hall–Kier alpha value is -0.880. The molecule has 0 spiro atoms. The van der Waals surface area contributed by atoms with Gasteiger partial charge in [-0.3, -0.25) is 4.90 Å². The van der Waals surface area contributed by atoms with Crippen molar-refractivity contribution in [1.29, 1.82) is 0 Å². The van der Waals surface area contributed by atoms with Gasteiger partial charge in [0.15, 0.2) is 0 Å². The van der Waals surface area contributed by atoms with Crippen LogP contribution in [0.25, 0.3) is 0 Å². The molecule has 0 aromatic heterocycles. The molecule has 0 radical (unpaired) electrons. The molecule has 1 aromatic carbocycles. The Bertz CT molecular complexity index is 597. The van der Waals surface area contributed by atoms with Crippen molar-refractivity contribution >= 4 is 64.8 Å². The van der Waals surface area contributed by atoms with Gasteiger partial charge in [-0.2, -0.15) is 4.99 Å². The van der Waals surface area contributed by atoms with Crippen LogP contribution in [0.5, 0.6) is 0 Å². The molecule has 20 heavy (non-hydrogen) atoms. The molecule has 0 saturated heterocycles. The molecule has 5 nitrogen and oxygen atoms in total. The summed E-state index contributed by atoms with van der Waals surface area (Å²) in [5.74, 6) is 0.313. The van der Waals surface area contributed by atoms with Crippen molar-refractivity contribution in [3.63, 3.8) is 0 Å². The smallest absolute Gasteiger partial charge is 0.220 e. The summed E-state index contributed by atoms with van der Waals surface area (Å²) in [6.07, 6.45) is 0. The summed E-state index contributed by atoms with van der Waals surface area (Å²) in [5, 5.41) is 1.13. The summed E-state index contributed by atoms with van der Waals surface area (Å²) in [6, 6.07) is 3.17. The van der Waals surface area contributed by atoms with Gasteiger partial charge in [-0.05, 0) is 26.0 Å². The van der Waals surface area contributed by atoms with Crippen LogP contribution in [-0.2, 0) is 0 Å². The topological polar surface area (TPSA) is 80.0 Å². The molecule has 2 rings (SSSR count). The van der Waals surface area contributed by atoms with Gasteiger partial charge in [-0.15, -0.1) is 12.4 Å². The number of aliphatic imine (C=N–C) groups is 2. The number of hydrogen-bond acceptors (Lipinski definition) is 5. The molecule has 1 aliphatic rings. The maximum absolute atomic E-state index is 6.19. The standard InChI is InChI=1S/C11H12Cl3N5.ClH/c1-11(2)18-9(15)17-10(16)19(11)8-4-6(13)5(12)3-7(8)14;/h3-4H,1-2H3,(H4,15,16,17,18);1H. The minimum absolute atomic E-state index is 0. The average Bonchev–Trinajstić information content (AvgIpc) is 2.22. The molecule has 1 heterocycles. The van der Waals surface area contributed by atoms with Crippen molar-refractivity contribution in [3.05, 3.63) is 27.2 Å². The van der Waals surface area contributed by atoms with Crippen LogP contribution in [0.4, 0.5) is 5.69 Å². The molecule has 110 valence electrons. The molecule has 9 heteroatoms. The lowest BCUT2D eigenvalue weighted by atomic mass is 10.1. The molecule has 1 aromatic rings. The van der Waals surface area contributed by atoms with Crippen LogP contribution in [-0.4, -0.2) is 17.6 Å². The van der Waals surface area contributed by atoms with Crippen molar-refractivity contribution in [1.82, 2.24) is 0 Å². The first-order chi connectivity index (χ1) is 8.72. The Morgan fingerprint density at radius 3 is 2.15 bits per heavy atom. The highest BCUT2D eigenvalue weighted by Gasteiger charge is 2.34. The molecule has 0 saturated carbocycles. The van der Waals surface area contributed by atoms with Gasteiger partial charge in [0.1, 0.15) is 5.66 Å². The zero-order valence-corrected chi connectivity index (χ0v) is 13.8. The number of rotatable bonds is 1. The van der Waals surface area contributed by atoms with Gasteiger partial charge in [0.2, 0.25) is 11.9 Å². The van der Waals surface area contributed by atoms with Crippen molar-refractivity contribution in [2.75, 3.05) is 4.90 Å². The first-order valence-corrected chi connectivity index (χ1v) is 6.50. The fourth-order valence-electron chi connectivity index (χ4n) is 1.90. The highest BCUT2D eigenvalue weighted by Crippen LogP contribution is 2.38. The first kappa shape index (κ1) is 17.2. The third kappa shape index (κ3) is 3.06. The third-order valence-corrected chi connectivity index (χ3v) is 3.65. The summed E-state index contributed by atoms with van der Waals surface area (Å²) in [4.78, 5) is 9.82. The zero-order chi connectivity index (χ0) is 14.4. The zero-order valence-electron chi connectivity index (χ0n) is 10.7. The lowest BCUT2D eigenvalue weighted by Crippen LogP contribution is -2.54. The molecule has 0 amide bonds. The lowest BCUT2D eigenvalue weighted by Gasteiger charge is -2.38. The fraction of sp³-hybridized carbons (Fsp3) is 0.273. The largest absolute Gasteiger partial charge is 0.369 e. The lowest BCUT2D eigenvalue weighted by molar-refractivity contribution is 0.534. The molecule has 0 fully saturated rings. The van der Waals surface area contributed by atoms with Crippen LogP contribution >= 0.6 is 47.2 Å². The Balaban J connectivity index is 0.00000200. The van der Waals surface area contributed by atoms with Crippen LogP contribution in [0.1, 0.15) is 13.8 Å². The van der Waals surface area contributed by atoms with Crippen LogP contribution in [0, 0.1) is 0 Å². The second-order valence-electron chi connectivity index (χ2n) is 4.49. The Labute approximate surface area is 138 Å². The fourth-order valence-corrected chi connectivity index (χ4v) is 2.53. The molecule has 4 N–H and O–H groups in total. The van der Waals surface area contributed by atoms with E-state index < -0.39 is 5.66 Å². The van der Waals surface area contributed by atoms with E-state index in [0.717, 1.165) is 0 Å². The molecule has 1 aliphatic heterocycles. The van der Waals surface area contributed by atoms with Crippen molar-refractivity contribution in [3.8, 4) is 0 Å². The molecule has 0 aliphatic carbocycles. The summed E-state index contributed by atoms with van der Waals surface area (Å²) in [7, 11) is 0. The van der Waals surface area contributed by atoms with Gasteiger partial charge in [-0.25, -0.2) is 4.99 Å². The van der Waals surface area contributed by atoms with Crippen LogP contribution in [0.2, 0.25) is 15.1 Å². The summed E-state index contributed by atoms with van der Waals surface area (Å²) < 4.78 is 0. The average molecular weight is 357 g/mol. The maximum atomic E-state index is 6.19. The molecule has 0 unspecified atom stereocenters. The second-order valence-corrected chi connectivity index (χ2v) is 5.71. The van der Waals surface area contributed by atoms with Gasteiger partial charge in [0.25, 0.3) is 0 Å². The quantitative estimate of drug-likeness (QED) is 0.758. The van der Waals surface area contributed by atoms with E-state index in [9.17, 15) is 0 Å². The number of hydrogen-bond donors (Lipinski definition) is 2. The predicted octanol–water partition coefficient (Wildman–Crippen LogP) is 3.25. The number of nitrogens with zero attached hydrogens (tertiary/aromatic N) is 3. The molecule has 0 bridgehead atoms. The highest BCUT2D eigenvalue weighted by atomic mass is 35.5. The Morgan fingerprint density at radius 1 is 1.05 bits per heavy atom. The normalized spacial score (nSPS) is 17.1. The van der Waals surface area contributed by atoms with Gasteiger partial charge < -0.3 is 11.5 Å². The monoisotopic (exact) mass is 355 g/mol. The van der Waals surface area contributed by atoms with Crippen LogP contribution in [0.15, 0.2) is 22.1 Å². The van der Waals surface area contributed by atoms with Gasteiger partial charge in [0, 0.05) is 0 Å². The number of nitrogens with two attached hydrogens (primary N) is 2. The van der Waals surface area contributed by atoms with Crippen molar-refractivity contribution < 1.29 is 0 Å². The Morgan fingerprint density at radius 2 is 1.60 bits per heavy atom. The van der Waals surface area contributed by atoms with E-state index >= 15 is 0 Å². The number of guanidine groups is 2. The molecule has 0 atom stereocenters. The highest BCUT2D eigenvalue weighted by molar-refractivity contribution is 6.44. The van der Waals surface area contributed by atoms with Crippen molar-refractivity contribution in [2.45, 2.75) is 19.5 Å². The van der Waals surface area contributed by atoms with Crippen LogP contribution < -0.4 is 16.4 Å². The number of halogens is 4. The van der Waals surface area contributed by atoms with Gasteiger partial charge in [0.05, 0.1) is 20.8 Å². The summed E-state index contributed by atoms with van der Waals surface area (Å²) in [6.45, 7) is 3.67. The van der Waals surface area contributed by atoms with Gasteiger partial charge >= 0.3 is 0 Å². The van der Waals surface area contributed by atoms with Gasteiger partial charge in [-0.1, -0.05) is 34.8 Å². The van der Waals surface area contributed by atoms with E-state index in [-0.39, 0.29) is 24.3 Å². The first-order valence-electron chi connectivity index (χ1n) is 5.36.